The minimum Gasteiger partial charge on any atom is -0.378 e. The van der Waals surface area contributed by atoms with Crippen LogP contribution in [0.25, 0.3) is 10.4 Å². The van der Waals surface area contributed by atoms with Gasteiger partial charge in [0, 0.05) is 34.4 Å². The van der Waals surface area contributed by atoms with Crippen LogP contribution < -0.4 is 9.80 Å². The van der Waals surface area contributed by atoms with E-state index in [2.05, 4.69) is 57.3 Å². The highest BCUT2D eigenvalue weighted by Gasteiger charge is 2.18. The molecule has 2 aromatic carbocycles. The fraction of sp³-hybridized carbons (Fsp3) is 0.227. The van der Waals surface area contributed by atoms with Crippen LogP contribution in [0.15, 0.2) is 59.6 Å². The molecular weight excluding hydrogens is 390 g/mol. The normalized spacial score (nSPS) is 16.3. The summed E-state index contributed by atoms with van der Waals surface area (Å²) in [5.74, 6) is 0. The Kier molecular flexibility index (Phi) is 4.81. The number of halogens is 1. The number of rotatable bonds is 3. The molecule has 28 heavy (non-hydrogen) atoms. The van der Waals surface area contributed by atoms with E-state index in [1.165, 1.54) is 21.0 Å². The average molecular weight is 410 g/mol. The lowest BCUT2D eigenvalue weighted by Crippen LogP contribution is -2.36. The third-order valence-electron chi connectivity index (χ3n) is 5.12. The van der Waals surface area contributed by atoms with Gasteiger partial charge in [-0.15, -0.1) is 11.3 Å². The molecule has 0 radical (unpaired) electrons. The molecule has 4 nitrogen and oxygen atoms in total. The summed E-state index contributed by atoms with van der Waals surface area (Å²) in [5.41, 5.74) is 4.66. The Balaban J connectivity index is 1.33. The van der Waals surface area contributed by atoms with Crippen LogP contribution in [0.1, 0.15) is 4.88 Å². The van der Waals surface area contributed by atoms with E-state index in [4.69, 9.17) is 16.3 Å². The number of hydrogen-bond acceptors (Lipinski definition) is 5. The molecule has 0 bridgehead atoms. The fourth-order valence-corrected chi connectivity index (χ4v) is 4.80. The Morgan fingerprint density at radius 3 is 2.39 bits per heavy atom. The van der Waals surface area contributed by atoms with E-state index >= 15 is 0 Å². The zero-order valence-corrected chi connectivity index (χ0v) is 16.9. The lowest BCUT2D eigenvalue weighted by molar-refractivity contribution is 0.122. The number of nitrogens with zero attached hydrogens (tertiary/aromatic N) is 3. The minimum absolute atomic E-state index is 0.759. The number of morpholine rings is 1. The van der Waals surface area contributed by atoms with Crippen molar-refractivity contribution in [2.24, 2.45) is 4.99 Å². The maximum absolute atomic E-state index is 6.01. The van der Waals surface area contributed by atoms with E-state index < -0.39 is 0 Å². The van der Waals surface area contributed by atoms with Crippen LogP contribution in [-0.4, -0.2) is 32.6 Å². The SMILES string of the molecule is Clc1ccc(-c2cc3c(s2)CN(c2ccc(N4CCOCC4)cc2)C=N3)cc1. The van der Waals surface area contributed by atoms with Crippen LogP contribution in [-0.2, 0) is 11.3 Å². The molecule has 1 aromatic heterocycles. The van der Waals surface area contributed by atoms with E-state index in [1.807, 2.05) is 18.5 Å². The Labute approximate surface area is 173 Å². The molecule has 3 heterocycles. The van der Waals surface area contributed by atoms with Crippen molar-refractivity contribution >= 4 is 46.3 Å². The molecule has 0 atom stereocenters. The largest absolute Gasteiger partial charge is 0.378 e. The predicted octanol–water partition coefficient (Wildman–Crippen LogP) is 5.59. The van der Waals surface area contributed by atoms with Crippen molar-refractivity contribution in [1.29, 1.82) is 0 Å². The first-order valence-electron chi connectivity index (χ1n) is 9.38. The molecule has 142 valence electrons. The van der Waals surface area contributed by atoms with Crippen molar-refractivity contribution in [3.8, 4) is 10.4 Å². The molecule has 1 fully saturated rings. The van der Waals surface area contributed by atoms with Crippen LogP contribution in [0.3, 0.4) is 0 Å². The topological polar surface area (TPSA) is 28.1 Å². The van der Waals surface area contributed by atoms with Gasteiger partial charge in [-0.3, -0.25) is 0 Å². The average Bonchev–Trinajstić information content (AvgIpc) is 3.18. The summed E-state index contributed by atoms with van der Waals surface area (Å²) in [4.78, 5) is 11.8. The minimum atomic E-state index is 0.759. The first-order valence-corrected chi connectivity index (χ1v) is 10.6. The Hall–Kier alpha value is -2.34. The van der Waals surface area contributed by atoms with Crippen LogP contribution in [0.5, 0.6) is 0 Å². The summed E-state index contributed by atoms with van der Waals surface area (Å²) in [6.45, 7) is 4.36. The van der Waals surface area contributed by atoms with Gasteiger partial charge in [0.1, 0.15) is 0 Å². The van der Waals surface area contributed by atoms with Crippen molar-refractivity contribution < 1.29 is 4.74 Å². The molecule has 0 saturated carbocycles. The van der Waals surface area contributed by atoms with Gasteiger partial charge in [-0.25, -0.2) is 4.99 Å². The highest BCUT2D eigenvalue weighted by atomic mass is 35.5. The van der Waals surface area contributed by atoms with Crippen molar-refractivity contribution in [1.82, 2.24) is 0 Å². The van der Waals surface area contributed by atoms with Crippen LogP contribution in [0.2, 0.25) is 5.02 Å². The summed E-state index contributed by atoms with van der Waals surface area (Å²) in [5, 5.41) is 0.759. The predicted molar refractivity (Wildman–Crippen MR) is 119 cm³/mol. The van der Waals surface area contributed by atoms with Crippen molar-refractivity contribution in [2.75, 3.05) is 36.1 Å². The van der Waals surface area contributed by atoms with Gasteiger partial charge in [0.15, 0.2) is 0 Å². The van der Waals surface area contributed by atoms with Gasteiger partial charge in [0.05, 0.1) is 36.7 Å². The number of benzene rings is 2. The lowest BCUT2D eigenvalue weighted by Gasteiger charge is -2.29. The third kappa shape index (κ3) is 3.53. The van der Waals surface area contributed by atoms with Gasteiger partial charge in [-0.05, 0) is 48.0 Å². The fourth-order valence-electron chi connectivity index (χ4n) is 3.56. The molecule has 5 rings (SSSR count). The van der Waals surface area contributed by atoms with Crippen LogP contribution in [0, 0.1) is 0 Å². The molecule has 3 aromatic rings. The Bertz CT molecular complexity index is 992. The number of ether oxygens (including phenoxy) is 1. The Morgan fingerprint density at radius 2 is 1.64 bits per heavy atom. The molecule has 0 N–H and O–H groups in total. The number of aliphatic imine (C=N–C) groups is 1. The first-order chi connectivity index (χ1) is 13.8. The smallest absolute Gasteiger partial charge is 0.0960 e. The van der Waals surface area contributed by atoms with E-state index in [9.17, 15) is 0 Å². The summed E-state index contributed by atoms with van der Waals surface area (Å²) in [7, 11) is 0. The standard InChI is InChI=1S/C22H20ClN3OS/c23-17-3-1-16(2-4-17)21-13-20-22(28-21)14-26(15-24-20)19-7-5-18(6-8-19)25-9-11-27-12-10-25/h1-8,13,15H,9-12,14H2. The quantitative estimate of drug-likeness (QED) is 0.564. The Morgan fingerprint density at radius 1 is 0.929 bits per heavy atom. The molecule has 2 aliphatic heterocycles. The van der Waals surface area contributed by atoms with Gasteiger partial charge in [0.2, 0.25) is 0 Å². The molecule has 0 amide bonds. The number of fused-ring (bicyclic) bond motifs is 1. The number of anilines is 2. The monoisotopic (exact) mass is 409 g/mol. The van der Waals surface area contributed by atoms with E-state index in [1.54, 1.807) is 11.3 Å². The summed E-state index contributed by atoms with van der Waals surface area (Å²) >= 11 is 7.81. The van der Waals surface area contributed by atoms with Gasteiger partial charge in [-0.1, -0.05) is 23.7 Å². The first kappa shape index (κ1) is 17.7. The van der Waals surface area contributed by atoms with E-state index in [-0.39, 0.29) is 0 Å². The van der Waals surface area contributed by atoms with Gasteiger partial charge in [0.25, 0.3) is 0 Å². The number of hydrogen-bond donors (Lipinski definition) is 0. The second-order valence-corrected chi connectivity index (χ2v) is 8.49. The van der Waals surface area contributed by atoms with Crippen LogP contribution >= 0.6 is 22.9 Å². The number of thiophene rings is 1. The maximum atomic E-state index is 6.01. The zero-order valence-electron chi connectivity index (χ0n) is 15.3. The lowest BCUT2D eigenvalue weighted by atomic mass is 10.2. The van der Waals surface area contributed by atoms with Crippen LogP contribution in [0.4, 0.5) is 17.1 Å². The second-order valence-electron chi connectivity index (χ2n) is 6.91. The maximum Gasteiger partial charge on any atom is 0.0960 e. The molecule has 1 saturated heterocycles. The molecule has 2 aliphatic rings. The van der Waals surface area contributed by atoms with Gasteiger partial charge >= 0.3 is 0 Å². The van der Waals surface area contributed by atoms with Gasteiger partial charge < -0.3 is 14.5 Å². The van der Waals surface area contributed by atoms with Crippen molar-refractivity contribution in [3.63, 3.8) is 0 Å². The van der Waals surface area contributed by atoms with Crippen molar-refractivity contribution in [2.45, 2.75) is 6.54 Å². The highest BCUT2D eigenvalue weighted by Crippen LogP contribution is 2.39. The third-order valence-corrected chi connectivity index (χ3v) is 6.53. The summed E-state index contributed by atoms with van der Waals surface area (Å²) in [6.07, 6.45) is 1.93. The summed E-state index contributed by atoms with van der Waals surface area (Å²) < 4.78 is 5.44. The zero-order chi connectivity index (χ0) is 18.9. The van der Waals surface area contributed by atoms with Crippen molar-refractivity contribution in [3.05, 3.63) is 64.5 Å². The molecule has 0 unspecified atom stereocenters. The van der Waals surface area contributed by atoms with E-state index in [0.29, 0.717) is 0 Å². The second kappa shape index (κ2) is 7.59. The van der Waals surface area contributed by atoms with Gasteiger partial charge in [-0.2, -0.15) is 0 Å². The summed E-state index contributed by atoms with van der Waals surface area (Å²) in [6, 6.07) is 18.9. The van der Waals surface area contributed by atoms with E-state index in [0.717, 1.165) is 49.2 Å². The molecule has 6 heteroatoms. The molecular formula is C22H20ClN3OS. The highest BCUT2D eigenvalue weighted by molar-refractivity contribution is 7.16. The molecule has 0 spiro atoms. The molecule has 0 aliphatic carbocycles.